The van der Waals surface area contributed by atoms with Crippen molar-refractivity contribution in [3.8, 4) is 0 Å². The zero-order chi connectivity index (χ0) is 10.9. The Balaban J connectivity index is 3.04. The number of benzene rings is 1. The Hall–Kier alpha value is -0.350. The van der Waals surface area contributed by atoms with Crippen molar-refractivity contribution in [3.05, 3.63) is 28.3 Å². The molecule has 0 spiro atoms. The molecule has 0 heterocycles. The summed E-state index contributed by atoms with van der Waals surface area (Å²) in [6.45, 7) is 1.72. The molecule has 0 nitrogen and oxygen atoms in total. The third-order valence-electron chi connectivity index (χ3n) is 1.75. The van der Waals surface area contributed by atoms with Gasteiger partial charge in [-0.1, -0.05) is 11.6 Å². The first-order valence-electron chi connectivity index (χ1n) is 3.84. The highest BCUT2D eigenvalue weighted by Gasteiger charge is 2.28. The van der Waals surface area contributed by atoms with Gasteiger partial charge in [-0.2, -0.15) is 13.2 Å². The Morgan fingerprint density at radius 3 is 2.43 bits per heavy atom. The van der Waals surface area contributed by atoms with Crippen LogP contribution in [-0.4, -0.2) is 6.18 Å². The van der Waals surface area contributed by atoms with Crippen molar-refractivity contribution >= 4 is 24.2 Å². The lowest BCUT2D eigenvalue weighted by Crippen LogP contribution is -2.12. The highest BCUT2D eigenvalue weighted by molar-refractivity contribution is 7.80. The molecule has 78 valence electrons. The van der Waals surface area contributed by atoms with Crippen LogP contribution in [0, 0.1) is 6.92 Å². The molecule has 0 aliphatic rings. The van der Waals surface area contributed by atoms with Crippen molar-refractivity contribution in [1.29, 1.82) is 0 Å². The van der Waals surface area contributed by atoms with Crippen molar-refractivity contribution in [2.45, 2.75) is 24.4 Å². The molecule has 0 saturated heterocycles. The maximum absolute atomic E-state index is 12.1. The van der Waals surface area contributed by atoms with Crippen molar-refractivity contribution in [1.82, 2.24) is 0 Å². The summed E-state index contributed by atoms with van der Waals surface area (Å²) in [5.41, 5.74) is 0.832. The predicted octanol–water partition coefficient (Wildman–Crippen LogP) is 4.04. The highest BCUT2D eigenvalue weighted by atomic mass is 35.5. The second kappa shape index (κ2) is 4.03. The normalized spacial score (nSPS) is 11.9. The van der Waals surface area contributed by atoms with Crippen LogP contribution >= 0.6 is 24.2 Å². The second-order valence-electron chi connectivity index (χ2n) is 3.02. The van der Waals surface area contributed by atoms with E-state index in [1.807, 2.05) is 0 Å². The first-order valence-corrected chi connectivity index (χ1v) is 4.67. The van der Waals surface area contributed by atoms with E-state index in [2.05, 4.69) is 12.6 Å². The van der Waals surface area contributed by atoms with Crippen LogP contribution in [0.3, 0.4) is 0 Å². The summed E-state index contributed by atoms with van der Waals surface area (Å²) in [5.74, 6) is 0. The summed E-state index contributed by atoms with van der Waals surface area (Å²) < 4.78 is 36.2. The van der Waals surface area contributed by atoms with E-state index >= 15 is 0 Å². The fourth-order valence-corrected chi connectivity index (χ4v) is 1.59. The number of hydrogen-bond donors (Lipinski definition) is 1. The summed E-state index contributed by atoms with van der Waals surface area (Å²) in [4.78, 5) is 0.323. The Morgan fingerprint density at radius 2 is 1.93 bits per heavy atom. The number of aryl methyl sites for hydroxylation is 1. The molecule has 0 unspecified atom stereocenters. The summed E-state index contributed by atoms with van der Waals surface area (Å²) in [6, 6.07) is 2.85. The average molecular weight is 241 g/mol. The Kier molecular flexibility index (Phi) is 3.37. The zero-order valence-corrected chi connectivity index (χ0v) is 8.97. The van der Waals surface area contributed by atoms with Gasteiger partial charge in [0.2, 0.25) is 0 Å². The van der Waals surface area contributed by atoms with Gasteiger partial charge in [-0.15, -0.1) is 12.6 Å². The molecule has 0 amide bonds. The van der Waals surface area contributed by atoms with Crippen molar-refractivity contribution in [2.24, 2.45) is 0 Å². The zero-order valence-electron chi connectivity index (χ0n) is 7.32. The molecule has 5 heteroatoms. The molecule has 0 atom stereocenters. The smallest absolute Gasteiger partial charge is 0.171 e. The van der Waals surface area contributed by atoms with Crippen LogP contribution in [0.1, 0.15) is 11.1 Å². The first-order chi connectivity index (χ1) is 6.29. The minimum Gasteiger partial charge on any atom is -0.171 e. The quantitative estimate of drug-likeness (QED) is 0.704. The summed E-state index contributed by atoms with van der Waals surface area (Å²) in [5, 5.41) is 0.335. The van der Waals surface area contributed by atoms with Gasteiger partial charge < -0.3 is 0 Å². The van der Waals surface area contributed by atoms with Crippen LogP contribution in [-0.2, 0) is 6.42 Å². The van der Waals surface area contributed by atoms with E-state index in [1.54, 1.807) is 6.92 Å². The predicted molar refractivity (Wildman–Crippen MR) is 53.2 cm³/mol. The van der Waals surface area contributed by atoms with Gasteiger partial charge in [0, 0.05) is 9.92 Å². The number of rotatable bonds is 1. The van der Waals surface area contributed by atoms with Gasteiger partial charge in [0.05, 0.1) is 6.42 Å². The molecule has 1 rings (SSSR count). The highest BCUT2D eigenvalue weighted by Crippen LogP contribution is 2.29. The topological polar surface area (TPSA) is 0 Å². The van der Waals surface area contributed by atoms with E-state index in [0.29, 0.717) is 9.92 Å². The number of hydrogen-bond acceptors (Lipinski definition) is 1. The molecule has 1 aromatic carbocycles. The Bertz CT molecular complexity index is 347. The van der Waals surface area contributed by atoms with Gasteiger partial charge >= 0.3 is 6.18 Å². The van der Waals surface area contributed by atoms with Crippen LogP contribution in [0.25, 0.3) is 0 Å². The van der Waals surface area contributed by atoms with Gasteiger partial charge in [0.15, 0.2) is 0 Å². The van der Waals surface area contributed by atoms with E-state index in [0.717, 1.165) is 5.56 Å². The van der Waals surface area contributed by atoms with E-state index in [-0.39, 0.29) is 5.56 Å². The Labute approximate surface area is 90.5 Å². The van der Waals surface area contributed by atoms with Crippen LogP contribution in [0.5, 0.6) is 0 Å². The van der Waals surface area contributed by atoms with Gasteiger partial charge in [0.25, 0.3) is 0 Å². The summed E-state index contributed by atoms with van der Waals surface area (Å²) in [6.07, 6.45) is -5.22. The molecule has 0 aliphatic heterocycles. The van der Waals surface area contributed by atoms with Gasteiger partial charge in [0.1, 0.15) is 0 Å². The lowest BCUT2D eigenvalue weighted by Gasteiger charge is -2.10. The molecule has 0 aromatic heterocycles. The van der Waals surface area contributed by atoms with Gasteiger partial charge in [-0.25, -0.2) is 0 Å². The standard InChI is InChI=1S/C9H8ClF3S/c1-5-2-8(14)6(3-7(5)10)4-9(11,12)13/h2-3,14H,4H2,1H3. The Morgan fingerprint density at radius 1 is 1.36 bits per heavy atom. The SMILES string of the molecule is Cc1cc(S)c(CC(F)(F)F)cc1Cl. The van der Waals surface area contributed by atoms with E-state index in [4.69, 9.17) is 11.6 Å². The lowest BCUT2D eigenvalue weighted by molar-refractivity contribution is -0.127. The molecule has 0 aliphatic carbocycles. The molecule has 0 radical (unpaired) electrons. The van der Waals surface area contributed by atoms with Crippen LogP contribution in [0.2, 0.25) is 5.02 Å². The van der Waals surface area contributed by atoms with Gasteiger partial charge in [-0.05, 0) is 30.2 Å². The largest absolute Gasteiger partial charge is 0.393 e. The molecular formula is C9H8ClF3S. The lowest BCUT2D eigenvalue weighted by atomic mass is 10.1. The molecule has 0 bridgehead atoms. The number of thiol groups is 1. The molecule has 0 saturated carbocycles. The molecule has 0 N–H and O–H groups in total. The van der Waals surface area contributed by atoms with Crippen molar-refractivity contribution < 1.29 is 13.2 Å². The van der Waals surface area contributed by atoms with E-state index in [1.165, 1.54) is 12.1 Å². The molecule has 1 aromatic rings. The van der Waals surface area contributed by atoms with E-state index < -0.39 is 12.6 Å². The number of halogens is 4. The minimum atomic E-state index is -4.23. The third kappa shape index (κ3) is 3.10. The number of alkyl halides is 3. The summed E-state index contributed by atoms with van der Waals surface area (Å²) >= 11 is 9.68. The summed E-state index contributed by atoms with van der Waals surface area (Å²) in [7, 11) is 0. The van der Waals surface area contributed by atoms with Crippen LogP contribution in [0.15, 0.2) is 17.0 Å². The minimum absolute atomic E-state index is 0.108. The monoisotopic (exact) mass is 240 g/mol. The first kappa shape index (κ1) is 11.7. The van der Waals surface area contributed by atoms with Crippen molar-refractivity contribution in [2.75, 3.05) is 0 Å². The van der Waals surface area contributed by atoms with Gasteiger partial charge in [-0.3, -0.25) is 0 Å². The fraction of sp³-hybridized carbons (Fsp3) is 0.333. The molecular weight excluding hydrogens is 233 g/mol. The second-order valence-corrected chi connectivity index (χ2v) is 3.91. The molecule has 14 heavy (non-hydrogen) atoms. The molecule has 0 fully saturated rings. The average Bonchev–Trinajstić information content (AvgIpc) is 1.97. The third-order valence-corrected chi connectivity index (χ3v) is 2.57. The maximum atomic E-state index is 12.1. The fourth-order valence-electron chi connectivity index (χ4n) is 1.07. The maximum Gasteiger partial charge on any atom is 0.393 e. The van der Waals surface area contributed by atoms with Crippen molar-refractivity contribution in [3.63, 3.8) is 0 Å². The van der Waals surface area contributed by atoms with Crippen LogP contribution < -0.4 is 0 Å². The van der Waals surface area contributed by atoms with E-state index in [9.17, 15) is 13.2 Å². The van der Waals surface area contributed by atoms with Crippen LogP contribution in [0.4, 0.5) is 13.2 Å².